The summed E-state index contributed by atoms with van der Waals surface area (Å²) in [6, 6.07) is 6.05. The highest BCUT2D eigenvalue weighted by atomic mass is 32.2. The second-order valence-corrected chi connectivity index (χ2v) is 5.20. The van der Waals surface area contributed by atoms with Crippen molar-refractivity contribution in [2.24, 2.45) is 0 Å². The van der Waals surface area contributed by atoms with Crippen molar-refractivity contribution in [3.05, 3.63) is 40.6 Å². The number of amides is 1. The van der Waals surface area contributed by atoms with E-state index in [1.54, 1.807) is 12.1 Å². The molecule has 1 N–H and O–H groups in total. The zero-order chi connectivity index (χ0) is 13.7. The van der Waals surface area contributed by atoms with Gasteiger partial charge in [-0.3, -0.25) is 14.9 Å². The minimum Gasteiger partial charge on any atom is -0.314 e. The predicted octanol–water partition coefficient (Wildman–Crippen LogP) is 2.18. The third-order valence-corrected chi connectivity index (χ3v) is 3.63. The molecule has 1 aromatic heterocycles. The van der Waals surface area contributed by atoms with Crippen LogP contribution in [0.25, 0.3) is 0 Å². The summed E-state index contributed by atoms with van der Waals surface area (Å²) in [7, 11) is 0. The van der Waals surface area contributed by atoms with E-state index in [-0.39, 0.29) is 17.3 Å². The lowest BCUT2D eigenvalue weighted by molar-refractivity contribution is -0.384. The number of thioether (sulfide) groups is 1. The highest BCUT2D eigenvalue weighted by Crippen LogP contribution is 2.21. The van der Waals surface area contributed by atoms with Crippen LogP contribution in [-0.4, -0.2) is 26.2 Å². The number of carbonyl (C=O) groups excluding carboxylic acids is 1. The molecule has 0 atom stereocenters. The van der Waals surface area contributed by atoms with Crippen LogP contribution in [0.5, 0.6) is 0 Å². The van der Waals surface area contributed by atoms with E-state index in [0.717, 1.165) is 16.4 Å². The number of aromatic nitrogens is 2. The van der Waals surface area contributed by atoms with Gasteiger partial charge in [0.15, 0.2) is 0 Å². The normalized spacial score (nSPS) is 10.1. The van der Waals surface area contributed by atoms with Crippen LogP contribution >= 0.6 is 23.3 Å². The van der Waals surface area contributed by atoms with E-state index in [0.29, 0.717) is 5.00 Å². The van der Waals surface area contributed by atoms with E-state index in [9.17, 15) is 14.9 Å². The Morgan fingerprint density at radius 3 is 2.74 bits per heavy atom. The van der Waals surface area contributed by atoms with E-state index in [4.69, 9.17) is 0 Å². The number of rotatable bonds is 5. The van der Waals surface area contributed by atoms with Crippen LogP contribution < -0.4 is 5.32 Å². The van der Waals surface area contributed by atoms with Gasteiger partial charge in [-0.2, -0.15) is 0 Å². The van der Waals surface area contributed by atoms with Gasteiger partial charge >= 0.3 is 0 Å². The number of anilines is 1. The third kappa shape index (κ3) is 4.00. The Hall–Kier alpha value is -2.00. The number of non-ortho nitro benzene ring substituents is 1. The van der Waals surface area contributed by atoms with Crippen molar-refractivity contribution in [3.63, 3.8) is 0 Å². The SMILES string of the molecule is O=C(CSc1ccc([N+](=O)[O-])cc1)Nc1cnns1. The molecule has 1 aromatic carbocycles. The van der Waals surface area contributed by atoms with Crippen LogP contribution in [0.4, 0.5) is 10.7 Å². The first kappa shape index (κ1) is 13.4. The number of carbonyl (C=O) groups is 1. The van der Waals surface area contributed by atoms with E-state index in [1.807, 2.05) is 0 Å². The Kier molecular flexibility index (Phi) is 4.42. The Labute approximate surface area is 116 Å². The highest BCUT2D eigenvalue weighted by molar-refractivity contribution is 8.00. The van der Waals surface area contributed by atoms with Crippen LogP contribution in [0.3, 0.4) is 0 Å². The van der Waals surface area contributed by atoms with Gasteiger partial charge in [-0.25, -0.2) is 0 Å². The van der Waals surface area contributed by atoms with E-state index in [1.165, 1.54) is 30.1 Å². The Morgan fingerprint density at radius 2 is 2.16 bits per heavy atom. The van der Waals surface area contributed by atoms with Crippen LogP contribution in [0.1, 0.15) is 0 Å². The Bertz CT molecular complexity index is 571. The molecule has 98 valence electrons. The minimum absolute atomic E-state index is 0.0320. The maximum atomic E-state index is 11.6. The fourth-order valence-corrected chi connectivity index (χ4v) is 2.34. The van der Waals surface area contributed by atoms with Crippen LogP contribution in [0, 0.1) is 10.1 Å². The lowest BCUT2D eigenvalue weighted by atomic mass is 10.3. The second-order valence-electron chi connectivity index (χ2n) is 3.37. The molecule has 0 saturated carbocycles. The van der Waals surface area contributed by atoms with Crippen molar-refractivity contribution in [1.82, 2.24) is 9.59 Å². The summed E-state index contributed by atoms with van der Waals surface area (Å²) in [5.41, 5.74) is 0.0320. The van der Waals surface area contributed by atoms with Crippen LogP contribution in [-0.2, 0) is 4.79 Å². The summed E-state index contributed by atoms with van der Waals surface area (Å²) in [6.45, 7) is 0. The number of benzene rings is 1. The quantitative estimate of drug-likeness (QED) is 0.516. The second kappa shape index (κ2) is 6.25. The third-order valence-electron chi connectivity index (χ3n) is 2.04. The van der Waals surface area contributed by atoms with Gasteiger partial charge in [0.2, 0.25) is 5.91 Å². The van der Waals surface area contributed by atoms with Gasteiger partial charge < -0.3 is 5.32 Å². The molecular formula is C10H8N4O3S2. The van der Waals surface area contributed by atoms with Crippen molar-refractivity contribution in [1.29, 1.82) is 0 Å². The lowest BCUT2D eigenvalue weighted by Crippen LogP contribution is -2.12. The molecule has 0 aliphatic carbocycles. The van der Waals surface area contributed by atoms with E-state index in [2.05, 4.69) is 14.9 Å². The molecule has 2 aromatic rings. The summed E-state index contributed by atoms with van der Waals surface area (Å²) in [6.07, 6.45) is 1.47. The summed E-state index contributed by atoms with van der Waals surface area (Å²) >= 11 is 2.40. The number of nitrogens with zero attached hydrogens (tertiary/aromatic N) is 3. The summed E-state index contributed by atoms with van der Waals surface area (Å²) in [4.78, 5) is 22.4. The van der Waals surface area contributed by atoms with Gasteiger partial charge in [0.05, 0.1) is 16.9 Å². The Morgan fingerprint density at radius 1 is 1.42 bits per heavy atom. The standard InChI is InChI=1S/C10H8N4O3S2/c15-9(12-10-5-11-13-19-10)6-18-8-3-1-7(2-4-8)14(16)17/h1-5H,6H2,(H,12,15). The monoisotopic (exact) mass is 296 g/mol. The molecule has 2 rings (SSSR count). The number of hydrogen-bond donors (Lipinski definition) is 1. The van der Waals surface area contributed by atoms with Crippen LogP contribution in [0.2, 0.25) is 0 Å². The van der Waals surface area contributed by atoms with E-state index >= 15 is 0 Å². The van der Waals surface area contributed by atoms with Crippen molar-refractivity contribution < 1.29 is 9.72 Å². The maximum Gasteiger partial charge on any atom is 0.269 e. The smallest absolute Gasteiger partial charge is 0.269 e. The number of hydrogen-bond acceptors (Lipinski definition) is 7. The van der Waals surface area contributed by atoms with Crippen LogP contribution in [0.15, 0.2) is 35.4 Å². The zero-order valence-corrected chi connectivity index (χ0v) is 11.1. The first-order chi connectivity index (χ1) is 9.15. The molecule has 1 amide bonds. The fourth-order valence-electron chi connectivity index (χ4n) is 1.21. The summed E-state index contributed by atoms with van der Waals surface area (Å²) < 4.78 is 3.63. The van der Waals surface area contributed by atoms with Gasteiger partial charge in [0.1, 0.15) is 5.00 Å². The van der Waals surface area contributed by atoms with Gasteiger partial charge in [0.25, 0.3) is 5.69 Å². The van der Waals surface area contributed by atoms with Gasteiger partial charge in [-0.05, 0) is 12.1 Å². The van der Waals surface area contributed by atoms with Gasteiger partial charge in [-0.15, -0.1) is 16.9 Å². The first-order valence-corrected chi connectivity index (χ1v) is 6.85. The molecule has 19 heavy (non-hydrogen) atoms. The molecule has 0 aliphatic rings. The molecule has 0 aliphatic heterocycles. The summed E-state index contributed by atoms with van der Waals surface area (Å²) in [5, 5.41) is 17.3. The highest BCUT2D eigenvalue weighted by Gasteiger charge is 2.07. The molecule has 1 heterocycles. The topological polar surface area (TPSA) is 98.0 Å². The van der Waals surface area contributed by atoms with Crippen molar-refractivity contribution in [2.75, 3.05) is 11.1 Å². The van der Waals surface area contributed by atoms with E-state index < -0.39 is 4.92 Å². The molecule has 0 unspecified atom stereocenters. The predicted molar refractivity (Wildman–Crippen MR) is 72.4 cm³/mol. The maximum absolute atomic E-state index is 11.6. The van der Waals surface area contributed by atoms with Crippen molar-refractivity contribution in [2.45, 2.75) is 4.90 Å². The average Bonchev–Trinajstić information content (AvgIpc) is 2.89. The van der Waals surface area contributed by atoms with Crippen molar-refractivity contribution in [3.8, 4) is 0 Å². The molecule has 0 fully saturated rings. The molecule has 0 spiro atoms. The summed E-state index contributed by atoms with van der Waals surface area (Å²) in [5.74, 6) is 0.0461. The molecule has 0 saturated heterocycles. The number of nitro benzene ring substituents is 1. The Balaban J connectivity index is 1.84. The number of nitro groups is 1. The number of nitrogens with one attached hydrogen (secondary N) is 1. The molecule has 0 bridgehead atoms. The first-order valence-electron chi connectivity index (χ1n) is 5.09. The average molecular weight is 296 g/mol. The lowest BCUT2D eigenvalue weighted by Gasteiger charge is -2.01. The van der Waals surface area contributed by atoms with Gasteiger partial charge in [-0.1, -0.05) is 4.49 Å². The fraction of sp³-hybridized carbons (Fsp3) is 0.100. The largest absolute Gasteiger partial charge is 0.314 e. The molecule has 0 radical (unpaired) electrons. The zero-order valence-electron chi connectivity index (χ0n) is 9.48. The molecule has 9 heteroatoms. The molecular weight excluding hydrogens is 288 g/mol. The van der Waals surface area contributed by atoms with Crippen molar-refractivity contribution >= 4 is 39.9 Å². The van der Waals surface area contributed by atoms with Gasteiger partial charge in [0, 0.05) is 28.6 Å². The minimum atomic E-state index is -0.460. The molecule has 7 nitrogen and oxygen atoms in total.